The summed E-state index contributed by atoms with van der Waals surface area (Å²) in [6.45, 7) is -0.117. The summed E-state index contributed by atoms with van der Waals surface area (Å²) in [5.74, 6) is 4.92. The van der Waals surface area contributed by atoms with Crippen molar-refractivity contribution in [3.05, 3.63) is 63.9 Å². The molecule has 1 N–H and O–H groups in total. The fourth-order valence-electron chi connectivity index (χ4n) is 1.63. The van der Waals surface area contributed by atoms with Crippen LogP contribution in [0.5, 0.6) is 5.75 Å². The molecule has 23 heavy (non-hydrogen) atoms. The second-order valence-electron chi connectivity index (χ2n) is 4.42. The summed E-state index contributed by atoms with van der Waals surface area (Å²) in [7, 11) is 0. The van der Waals surface area contributed by atoms with E-state index in [0.29, 0.717) is 15.8 Å². The predicted molar refractivity (Wildman–Crippen MR) is 88.2 cm³/mol. The SMILES string of the molecule is O=C(COc1ccc(Cl)cc1Cl)NCC#Cc1ccccc1F. The molecule has 6 heteroatoms. The first kappa shape index (κ1) is 17.1. The highest BCUT2D eigenvalue weighted by Gasteiger charge is 2.05. The maximum atomic E-state index is 13.3. The Bertz CT molecular complexity index is 769. The highest BCUT2D eigenvalue weighted by molar-refractivity contribution is 6.35. The van der Waals surface area contributed by atoms with Gasteiger partial charge in [-0.1, -0.05) is 47.2 Å². The van der Waals surface area contributed by atoms with Crippen LogP contribution in [0.2, 0.25) is 10.0 Å². The molecule has 0 unspecified atom stereocenters. The summed E-state index contributed by atoms with van der Waals surface area (Å²) in [4.78, 5) is 11.6. The fourth-order valence-corrected chi connectivity index (χ4v) is 2.09. The maximum absolute atomic E-state index is 13.3. The number of carbonyl (C=O) groups excluding carboxylic acids is 1. The first-order valence-corrected chi connectivity index (χ1v) is 7.40. The van der Waals surface area contributed by atoms with Gasteiger partial charge in [-0.05, 0) is 30.3 Å². The third-order valence-electron chi connectivity index (χ3n) is 2.72. The van der Waals surface area contributed by atoms with Crippen molar-refractivity contribution in [2.45, 2.75) is 0 Å². The normalized spacial score (nSPS) is 9.70. The quantitative estimate of drug-likeness (QED) is 0.853. The zero-order valence-electron chi connectivity index (χ0n) is 11.9. The largest absolute Gasteiger partial charge is 0.482 e. The molecule has 1 amide bonds. The van der Waals surface area contributed by atoms with E-state index in [1.807, 2.05) is 0 Å². The average Bonchev–Trinajstić information content (AvgIpc) is 2.52. The van der Waals surface area contributed by atoms with Crippen LogP contribution in [0.4, 0.5) is 4.39 Å². The van der Waals surface area contributed by atoms with Gasteiger partial charge in [0, 0.05) is 5.02 Å². The minimum atomic E-state index is -0.396. The van der Waals surface area contributed by atoms with Crippen molar-refractivity contribution in [1.29, 1.82) is 0 Å². The molecular formula is C17H12Cl2FNO2. The van der Waals surface area contributed by atoms with Crippen molar-refractivity contribution >= 4 is 29.1 Å². The van der Waals surface area contributed by atoms with Crippen molar-refractivity contribution in [1.82, 2.24) is 5.32 Å². The van der Waals surface area contributed by atoms with Crippen molar-refractivity contribution in [3.8, 4) is 17.6 Å². The van der Waals surface area contributed by atoms with E-state index in [2.05, 4.69) is 17.2 Å². The lowest BCUT2D eigenvalue weighted by Gasteiger charge is -2.07. The fraction of sp³-hybridized carbons (Fsp3) is 0.118. The first-order chi connectivity index (χ1) is 11.1. The minimum Gasteiger partial charge on any atom is -0.482 e. The lowest BCUT2D eigenvalue weighted by atomic mass is 10.2. The second kappa shape index (κ2) is 8.42. The van der Waals surface area contributed by atoms with Crippen LogP contribution in [0, 0.1) is 17.7 Å². The van der Waals surface area contributed by atoms with E-state index in [4.69, 9.17) is 27.9 Å². The van der Waals surface area contributed by atoms with E-state index in [-0.39, 0.29) is 24.6 Å². The third-order valence-corrected chi connectivity index (χ3v) is 3.25. The number of ether oxygens (including phenoxy) is 1. The number of hydrogen-bond donors (Lipinski definition) is 1. The Morgan fingerprint density at radius 2 is 2.00 bits per heavy atom. The topological polar surface area (TPSA) is 38.3 Å². The van der Waals surface area contributed by atoms with E-state index in [1.54, 1.807) is 30.3 Å². The van der Waals surface area contributed by atoms with Crippen molar-refractivity contribution < 1.29 is 13.9 Å². The van der Waals surface area contributed by atoms with Gasteiger partial charge in [-0.25, -0.2) is 4.39 Å². The molecule has 0 heterocycles. The Kier molecular flexibility index (Phi) is 6.28. The lowest BCUT2D eigenvalue weighted by molar-refractivity contribution is -0.122. The second-order valence-corrected chi connectivity index (χ2v) is 5.27. The van der Waals surface area contributed by atoms with Crippen LogP contribution in [0.1, 0.15) is 5.56 Å². The van der Waals surface area contributed by atoms with E-state index < -0.39 is 5.82 Å². The summed E-state index contributed by atoms with van der Waals surface area (Å²) in [6.07, 6.45) is 0. The molecule has 2 aromatic rings. The number of rotatable bonds is 4. The summed E-state index contributed by atoms with van der Waals surface area (Å²) in [5.41, 5.74) is 0.283. The van der Waals surface area contributed by atoms with Gasteiger partial charge >= 0.3 is 0 Å². The molecular weight excluding hydrogens is 340 g/mol. The van der Waals surface area contributed by atoms with Crippen LogP contribution < -0.4 is 10.1 Å². The van der Waals surface area contributed by atoms with E-state index >= 15 is 0 Å². The van der Waals surface area contributed by atoms with Gasteiger partial charge < -0.3 is 10.1 Å². The summed E-state index contributed by atoms with van der Waals surface area (Å²) >= 11 is 11.7. The standard InChI is InChI=1S/C17H12Cl2FNO2/c18-13-7-8-16(14(19)10-13)23-11-17(22)21-9-3-5-12-4-1-2-6-15(12)20/h1-2,4,6-8,10H,9,11H2,(H,21,22). The highest BCUT2D eigenvalue weighted by atomic mass is 35.5. The van der Waals surface area contributed by atoms with Crippen LogP contribution in [-0.2, 0) is 4.79 Å². The lowest BCUT2D eigenvalue weighted by Crippen LogP contribution is -2.29. The van der Waals surface area contributed by atoms with Gasteiger partial charge in [-0.2, -0.15) is 0 Å². The van der Waals surface area contributed by atoms with Crippen molar-refractivity contribution in [2.75, 3.05) is 13.2 Å². The zero-order valence-corrected chi connectivity index (χ0v) is 13.4. The first-order valence-electron chi connectivity index (χ1n) is 6.64. The Morgan fingerprint density at radius 1 is 1.22 bits per heavy atom. The summed E-state index contributed by atoms with van der Waals surface area (Å²) in [6, 6.07) is 10.9. The van der Waals surface area contributed by atoms with E-state index in [1.165, 1.54) is 12.1 Å². The Labute approximate surface area is 143 Å². The van der Waals surface area contributed by atoms with Crippen LogP contribution in [0.15, 0.2) is 42.5 Å². The van der Waals surface area contributed by atoms with Gasteiger partial charge in [-0.15, -0.1) is 0 Å². The molecule has 0 spiro atoms. The van der Waals surface area contributed by atoms with Crippen LogP contribution in [0.25, 0.3) is 0 Å². The molecule has 0 aromatic heterocycles. The number of nitrogens with one attached hydrogen (secondary N) is 1. The van der Waals surface area contributed by atoms with Crippen molar-refractivity contribution in [2.24, 2.45) is 0 Å². The number of carbonyl (C=O) groups is 1. The molecule has 0 radical (unpaired) electrons. The molecule has 0 atom stereocenters. The average molecular weight is 352 g/mol. The van der Waals surface area contributed by atoms with Crippen LogP contribution >= 0.6 is 23.2 Å². The molecule has 0 aliphatic rings. The van der Waals surface area contributed by atoms with Crippen molar-refractivity contribution in [3.63, 3.8) is 0 Å². The molecule has 2 aromatic carbocycles. The highest BCUT2D eigenvalue weighted by Crippen LogP contribution is 2.27. The van der Waals surface area contributed by atoms with Gasteiger partial charge in [0.2, 0.25) is 0 Å². The van der Waals surface area contributed by atoms with Gasteiger partial charge in [0.05, 0.1) is 17.1 Å². The minimum absolute atomic E-state index is 0.0882. The number of halogens is 3. The molecule has 3 nitrogen and oxygen atoms in total. The molecule has 2 rings (SSSR count). The molecule has 0 saturated heterocycles. The molecule has 0 saturated carbocycles. The van der Waals surface area contributed by atoms with E-state index in [0.717, 1.165) is 0 Å². The molecule has 0 fully saturated rings. The van der Waals surface area contributed by atoms with Gasteiger partial charge in [0.15, 0.2) is 6.61 Å². The molecule has 0 aliphatic heterocycles. The van der Waals surface area contributed by atoms with Crippen LogP contribution in [-0.4, -0.2) is 19.1 Å². The van der Waals surface area contributed by atoms with Gasteiger partial charge in [0.25, 0.3) is 5.91 Å². The maximum Gasteiger partial charge on any atom is 0.258 e. The molecule has 118 valence electrons. The monoisotopic (exact) mass is 351 g/mol. The van der Waals surface area contributed by atoms with Gasteiger partial charge in [-0.3, -0.25) is 4.79 Å². The smallest absolute Gasteiger partial charge is 0.258 e. The van der Waals surface area contributed by atoms with Gasteiger partial charge in [0.1, 0.15) is 11.6 Å². The Balaban J connectivity index is 1.79. The molecule has 0 bridgehead atoms. The Hall–Kier alpha value is -2.22. The number of benzene rings is 2. The van der Waals surface area contributed by atoms with Crippen LogP contribution in [0.3, 0.4) is 0 Å². The predicted octanol–water partition coefficient (Wildman–Crippen LogP) is 3.68. The molecule has 0 aliphatic carbocycles. The number of amides is 1. The summed E-state index contributed by atoms with van der Waals surface area (Å²) < 4.78 is 18.6. The third kappa shape index (κ3) is 5.48. The summed E-state index contributed by atoms with van der Waals surface area (Å²) in [5, 5.41) is 3.35. The Morgan fingerprint density at radius 3 is 2.74 bits per heavy atom. The van der Waals surface area contributed by atoms with E-state index in [9.17, 15) is 9.18 Å². The zero-order chi connectivity index (χ0) is 16.7. The number of hydrogen-bond acceptors (Lipinski definition) is 2.